The first-order valence-corrected chi connectivity index (χ1v) is 10.4. The van der Waals surface area contributed by atoms with Crippen molar-refractivity contribution in [3.8, 4) is 0 Å². The molecule has 0 spiro atoms. The van der Waals surface area contributed by atoms with Crippen LogP contribution in [0.2, 0.25) is 0 Å². The molecule has 0 bridgehead atoms. The van der Waals surface area contributed by atoms with Gasteiger partial charge in [0.2, 0.25) is 10.0 Å². The Morgan fingerprint density at radius 1 is 1.28 bits per heavy atom. The standard InChI is InChI=1S/C17H24FN3O3S/c1-25(23,24)20-10-2-3-15(12-20)19-17(22)21(16-8-9-16)11-13-4-6-14(18)7-5-13/h4-7,15-16H,2-3,8-12H2,1H3,(H,19,22). The predicted molar refractivity (Wildman–Crippen MR) is 92.9 cm³/mol. The first kappa shape index (κ1) is 18.1. The van der Waals surface area contributed by atoms with Crippen LogP contribution in [0.1, 0.15) is 31.2 Å². The fraction of sp³-hybridized carbons (Fsp3) is 0.588. The minimum absolute atomic E-state index is 0.174. The van der Waals surface area contributed by atoms with Crippen molar-refractivity contribution in [2.45, 2.75) is 44.3 Å². The van der Waals surface area contributed by atoms with Crippen molar-refractivity contribution < 1.29 is 17.6 Å². The zero-order valence-corrected chi connectivity index (χ0v) is 15.1. The number of carbonyl (C=O) groups excluding carboxylic acids is 1. The molecule has 1 aliphatic heterocycles. The van der Waals surface area contributed by atoms with E-state index in [0.717, 1.165) is 31.2 Å². The first-order valence-electron chi connectivity index (χ1n) is 8.59. The number of carbonyl (C=O) groups is 1. The summed E-state index contributed by atoms with van der Waals surface area (Å²) in [4.78, 5) is 14.5. The largest absolute Gasteiger partial charge is 0.334 e. The van der Waals surface area contributed by atoms with Crippen molar-refractivity contribution in [2.75, 3.05) is 19.3 Å². The van der Waals surface area contributed by atoms with Crippen LogP contribution in [0.25, 0.3) is 0 Å². The van der Waals surface area contributed by atoms with Gasteiger partial charge in [0.1, 0.15) is 5.82 Å². The van der Waals surface area contributed by atoms with Crippen molar-refractivity contribution in [3.05, 3.63) is 35.6 Å². The Labute approximate surface area is 148 Å². The van der Waals surface area contributed by atoms with Crippen LogP contribution >= 0.6 is 0 Å². The van der Waals surface area contributed by atoms with E-state index < -0.39 is 10.0 Å². The van der Waals surface area contributed by atoms with Gasteiger partial charge in [-0.15, -0.1) is 0 Å². The third-order valence-electron chi connectivity index (χ3n) is 4.70. The van der Waals surface area contributed by atoms with E-state index >= 15 is 0 Å². The minimum atomic E-state index is -3.24. The number of nitrogens with zero attached hydrogens (tertiary/aromatic N) is 2. The van der Waals surface area contributed by atoms with Gasteiger partial charge in [0.25, 0.3) is 0 Å². The van der Waals surface area contributed by atoms with Gasteiger partial charge in [0.15, 0.2) is 0 Å². The molecule has 25 heavy (non-hydrogen) atoms. The highest BCUT2D eigenvalue weighted by molar-refractivity contribution is 7.88. The lowest BCUT2D eigenvalue weighted by Gasteiger charge is -2.33. The molecule has 1 aromatic carbocycles. The first-order chi connectivity index (χ1) is 11.8. The zero-order chi connectivity index (χ0) is 18.0. The van der Waals surface area contributed by atoms with E-state index in [4.69, 9.17) is 0 Å². The molecule has 1 aromatic rings. The van der Waals surface area contributed by atoms with Crippen LogP contribution in [-0.2, 0) is 16.6 Å². The van der Waals surface area contributed by atoms with Gasteiger partial charge < -0.3 is 10.2 Å². The smallest absolute Gasteiger partial charge is 0.318 e. The Balaban J connectivity index is 1.62. The maximum Gasteiger partial charge on any atom is 0.318 e. The summed E-state index contributed by atoms with van der Waals surface area (Å²) in [5.74, 6) is -0.297. The van der Waals surface area contributed by atoms with Gasteiger partial charge in [-0.05, 0) is 43.4 Å². The number of piperidine rings is 1. The predicted octanol–water partition coefficient (Wildman–Crippen LogP) is 1.92. The summed E-state index contributed by atoms with van der Waals surface area (Å²) in [6, 6.07) is 6.01. The Kier molecular flexibility index (Phi) is 5.29. The molecule has 8 heteroatoms. The molecule has 1 heterocycles. The molecule has 2 aliphatic rings. The van der Waals surface area contributed by atoms with Crippen LogP contribution in [0.5, 0.6) is 0 Å². The number of benzene rings is 1. The lowest BCUT2D eigenvalue weighted by atomic mass is 10.1. The average Bonchev–Trinajstić information content (AvgIpc) is 3.38. The topological polar surface area (TPSA) is 69.7 Å². The quantitative estimate of drug-likeness (QED) is 0.862. The van der Waals surface area contributed by atoms with Gasteiger partial charge in [0.05, 0.1) is 6.26 Å². The van der Waals surface area contributed by atoms with Crippen molar-refractivity contribution in [1.82, 2.24) is 14.5 Å². The summed E-state index contributed by atoms with van der Waals surface area (Å²) in [6.45, 7) is 1.26. The molecule has 1 N–H and O–H groups in total. The molecule has 1 atom stereocenters. The number of hydrogen-bond donors (Lipinski definition) is 1. The third kappa shape index (κ3) is 4.92. The van der Waals surface area contributed by atoms with Crippen molar-refractivity contribution in [3.63, 3.8) is 0 Å². The van der Waals surface area contributed by atoms with Gasteiger partial charge >= 0.3 is 6.03 Å². The molecule has 2 amide bonds. The highest BCUT2D eigenvalue weighted by atomic mass is 32.2. The Morgan fingerprint density at radius 3 is 2.56 bits per heavy atom. The molecule has 3 rings (SSSR count). The van der Waals surface area contributed by atoms with Gasteiger partial charge in [-0.1, -0.05) is 12.1 Å². The van der Waals surface area contributed by atoms with Crippen LogP contribution in [0.3, 0.4) is 0 Å². The second-order valence-electron chi connectivity index (χ2n) is 6.90. The summed E-state index contributed by atoms with van der Waals surface area (Å²) in [5, 5.41) is 2.98. The molecule has 2 fully saturated rings. The number of hydrogen-bond acceptors (Lipinski definition) is 3. The number of rotatable bonds is 5. The second-order valence-corrected chi connectivity index (χ2v) is 8.88. The van der Waals surface area contributed by atoms with E-state index in [0.29, 0.717) is 19.6 Å². The van der Waals surface area contributed by atoms with Crippen molar-refractivity contribution in [1.29, 1.82) is 0 Å². The molecule has 0 aromatic heterocycles. The SMILES string of the molecule is CS(=O)(=O)N1CCCC(NC(=O)N(Cc2ccc(F)cc2)C2CC2)C1. The third-order valence-corrected chi connectivity index (χ3v) is 5.97. The fourth-order valence-electron chi connectivity index (χ4n) is 3.16. The molecular formula is C17H24FN3O3S. The maximum absolute atomic E-state index is 13.0. The number of nitrogens with one attached hydrogen (secondary N) is 1. The summed E-state index contributed by atoms with van der Waals surface area (Å²) in [7, 11) is -3.24. The Bertz CT molecular complexity index is 719. The summed E-state index contributed by atoms with van der Waals surface area (Å²) >= 11 is 0. The van der Waals surface area contributed by atoms with Gasteiger partial charge in [0, 0.05) is 31.7 Å². The summed E-state index contributed by atoms with van der Waals surface area (Å²) in [6.07, 6.45) is 4.64. The number of halogens is 1. The van der Waals surface area contributed by atoms with E-state index in [-0.39, 0.29) is 23.9 Å². The van der Waals surface area contributed by atoms with Gasteiger partial charge in [-0.2, -0.15) is 0 Å². The monoisotopic (exact) mass is 369 g/mol. The van der Waals surface area contributed by atoms with E-state index in [2.05, 4.69) is 5.32 Å². The molecule has 1 saturated carbocycles. The number of urea groups is 1. The van der Waals surface area contributed by atoms with Crippen LogP contribution < -0.4 is 5.32 Å². The van der Waals surface area contributed by atoms with Gasteiger partial charge in [-0.3, -0.25) is 0 Å². The maximum atomic E-state index is 13.0. The zero-order valence-electron chi connectivity index (χ0n) is 14.3. The molecule has 138 valence electrons. The average molecular weight is 369 g/mol. The highest BCUT2D eigenvalue weighted by Crippen LogP contribution is 2.28. The van der Waals surface area contributed by atoms with E-state index in [1.54, 1.807) is 17.0 Å². The lowest BCUT2D eigenvalue weighted by molar-refractivity contribution is 0.180. The van der Waals surface area contributed by atoms with Crippen LogP contribution in [0.4, 0.5) is 9.18 Å². The van der Waals surface area contributed by atoms with Gasteiger partial charge in [-0.25, -0.2) is 21.9 Å². The summed E-state index contributed by atoms with van der Waals surface area (Å²) < 4.78 is 37.9. The van der Waals surface area contributed by atoms with Crippen molar-refractivity contribution in [2.24, 2.45) is 0 Å². The molecule has 1 unspecified atom stereocenters. The highest BCUT2D eigenvalue weighted by Gasteiger charge is 2.34. The van der Waals surface area contributed by atoms with Crippen LogP contribution in [-0.4, -0.2) is 55.1 Å². The van der Waals surface area contributed by atoms with E-state index in [9.17, 15) is 17.6 Å². The fourth-order valence-corrected chi connectivity index (χ4v) is 4.07. The molecule has 6 nitrogen and oxygen atoms in total. The molecular weight excluding hydrogens is 345 g/mol. The van der Waals surface area contributed by atoms with Crippen molar-refractivity contribution >= 4 is 16.1 Å². The normalized spacial score (nSPS) is 21.8. The van der Waals surface area contributed by atoms with E-state index in [1.165, 1.54) is 22.7 Å². The molecule has 1 saturated heterocycles. The second kappa shape index (κ2) is 7.29. The lowest BCUT2D eigenvalue weighted by Crippen LogP contribution is -2.52. The van der Waals surface area contributed by atoms with Crippen LogP contribution in [0.15, 0.2) is 24.3 Å². The minimum Gasteiger partial charge on any atom is -0.334 e. The molecule has 0 radical (unpaired) electrons. The summed E-state index contributed by atoms with van der Waals surface area (Å²) in [5.41, 5.74) is 0.879. The van der Waals surface area contributed by atoms with Crippen LogP contribution in [0, 0.1) is 5.82 Å². The van der Waals surface area contributed by atoms with E-state index in [1.807, 2.05) is 0 Å². The number of sulfonamides is 1. The number of amides is 2. The Morgan fingerprint density at radius 2 is 1.96 bits per heavy atom. The molecule has 1 aliphatic carbocycles. The Hall–Kier alpha value is -1.67.